The number of benzene rings is 2. The molecular weight excluding hydrogens is 368 g/mol. The molecule has 1 fully saturated rings. The highest BCUT2D eigenvalue weighted by molar-refractivity contribution is 6.03. The highest BCUT2D eigenvalue weighted by Gasteiger charge is 2.24. The molecule has 1 atom stereocenters. The van der Waals surface area contributed by atoms with Crippen LogP contribution in [-0.2, 0) is 9.59 Å². The maximum atomic E-state index is 12.5. The second-order valence-electron chi connectivity index (χ2n) is 7.61. The molecule has 1 saturated carbocycles. The first-order valence-electron chi connectivity index (χ1n) is 10.0. The van der Waals surface area contributed by atoms with Gasteiger partial charge in [0, 0.05) is 17.1 Å². The largest absolute Gasteiger partial charge is 0.335 e. The molecule has 0 saturated heterocycles. The van der Waals surface area contributed by atoms with E-state index >= 15 is 0 Å². The van der Waals surface area contributed by atoms with Crippen molar-refractivity contribution in [3.63, 3.8) is 0 Å². The van der Waals surface area contributed by atoms with E-state index in [0.29, 0.717) is 0 Å². The molecule has 154 valence electrons. The number of likely N-dealkylation sites (N-methyl/N-ethyl adjacent to an activating group) is 1. The monoisotopic (exact) mass is 396 g/mol. The Hall–Kier alpha value is -2.93. The first-order chi connectivity index (χ1) is 13.9. The van der Waals surface area contributed by atoms with Gasteiger partial charge in [-0.3, -0.25) is 19.8 Å². The predicted molar refractivity (Wildman–Crippen MR) is 114 cm³/mol. The van der Waals surface area contributed by atoms with Gasteiger partial charge in [0.2, 0.25) is 11.8 Å². The Labute approximate surface area is 170 Å². The fraction of sp³-hybridized carbons (Fsp3) is 0.409. The molecule has 7 nitrogen and oxygen atoms in total. The summed E-state index contributed by atoms with van der Waals surface area (Å²) in [6.07, 6.45) is 4.10. The number of rotatable bonds is 6. The number of imide groups is 1. The molecule has 4 amide bonds. The van der Waals surface area contributed by atoms with Gasteiger partial charge in [-0.25, -0.2) is 4.79 Å². The first kappa shape index (κ1) is 20.8. The minimum Gasteiger partial charge on any atom is -0.335 e. The molecule has 0 spiro atoms. The number of hydrogen-bond donors (Lipinski definition) is 3. The fourth-order valence-electron chi connectivity index (χ4n) is 3.60. The molecular formula is C22H28N4O3. The van der Waals surface area contributed by atoms with E-state index in [1.807, 2.05) is 42.5 Å². The van der Waals surface area contributed by atoms with Crippen LogP contribution in [0.15, 0.2) is 42.5 Å². The molecule has 0 heterocycles. The van der Waals surface area contributed by atoms with Gasteiger partial charge in [0.15, 0.2) is 0 Å². The van der Waals surface area contributed by atoms with Crippen LogP contribution >= 0.6 is 0 Å². The lowest BCUT2D eigenvalue weighted by atomic mass is 10.1. The van der Waals surface area contributed by atoms with Gasteiger partial charge in [-0.05, 0) is 38.3 Å². The van der Waals surface area contributed by atoms with Gasteiger partial charge in [0.1, 0.15) is 0 Å². The standard InChI is InChI=1S/C22H28N4O3/c1-15(21(28)25-22(29)23-17-10-4-5-11-17)26(2)14-20(27)24-19-13-7-9-16-8-3-6-12-18(16)19/h3,6-9,12-13,15,17H,4-5,10-11,14H2,1-2H3,(H,24,27)(H2,23,25,28,29)/t15-/m1/s1. The number of nitrogens with zero attached hydrogens (tertiary/aromatic N) is 1. The molecule has 1 aliphatic carbocycles. The van der Waals surface area contributed by atoms with Crippen LogP contribution in [0.25, 0.3) is 10.8 Å². The lowest BCUT2D eigenvalue weighted by Gasteiger charge is -2.23. The number of anilines is 1. The zero-order chi connectivity index (χ0) is 20.8. The van der Waals surface area contributed by atoms with Crippen molar-refractivity contribution in [1.29, 1.82) is 0 Å². The SMILES string of the molecule is C[C@H](C(=O)NC(=O)NC1CCCC1)N(C)CC(=O)Nc1cccc2ccccc12. The van der Waals surface area contributed by atoms with Crippen molar-refractivity contribution in [2.45, 2.75) is 44.7 Å². The number of amides is 4. The molecule has 7 heteroatoms. The summed E-state index contributed by atoms with van der Waals surface area (Å²) in [4.78, 5) is 38.4. The van der Waals surface area contributed by atoms with E-state index in [1.165, 1.54) is 0 Å². The van der Waals surface area contributed by atoms with E-state index < -0.39 is 18.0 Å². The van der Waals surface area contributed by atoms with Gasteiger partial charge in [0.25, 0.3) is 0 Å². The van der Waals surface area contributed by atoms with Crippen molar-refractivity contribution >= 4 is 34.3 Å². The second-order valence-corrected chi connectivity index (χ2v) is 7.61. The van der Waals surface area contributed by atoms with Crippen LogP contribution in [0.5, 0.6) is 0 Å². The highest BCUT2D eigenvalue weighted by Crippen LogP contribution is 2.22. The van der Waals surface area contributed by atoms with Gasteiger partial charge in [-0.15, -0.1) is 0 Å². The van der Waals surface area contributed by atoms with Crippen molar-refractivity contribution in [2.24, 2.45) is 0 Å². The third-order valence-electron chi connectivity index (χ3n) is 5.42. The quantitative estimate of drug-likeness (QED) is 0.700. The maximum Gasteiger partial charge on any atom is 0.321 e. The minimum atomic E-state index is -0.623. The molecule has 3 N–H and O–H groups in total. The van der Waals surface area contributed by atoms with E-state index in [9.17, 15) is 14.4 Å². The third-order valence-corrected chi connectivity index (χ3v) is 5.42. The topological polar surface area (TPSA) is 90.5 Å². The molecule has 0 radical (unpaired) electrons. The average Bonchev–Trinajstić information content (AvgIpc) is 3.20. The van der Waals surface area contributed by atoms with Crippen LogP contribution in [0, 0.1) is 0 Å². The summed E-state index contributed by atoms with van der Waals surface area (Å²) in [5.74, 6) is -0.653. The lowest BCUT2D eigenvalue weighted by molar-refractivity contribution is -0.125. The molecule has 0 unspecified atom stereocenters. The molecule has 3 rings (SSSR count). The van der Waals surface area contributed by atoms with Crippen LogP contribution in [0.2, 0.25) is 0 Å². The molecule has 29 heavy (non-hydrogen) atoms. The predicted octanol–water partition coefficient (Wildman–Crippen LogP) is 2.87. The average molecular weight is 396 g/mol. The van der Waals surface area contributed by atoms with E-state index in [2.05, 4.69) is 16.0 Å². The van der Waals surface area contributed by atoms with Crippen molar-refractivity contribution < 1.29 is 14.4 Å². The van der Waals surface area contributed by atoms with E-state index in [1.54, 1.807) is 18.9 Å². The molecule has 2 aromatic carbocycles. The van der Waals surface area contributed by atoms with Gasteiger partial charge in [-0.2, -0.15) is 0 Å². The van der Waals surface area contributed by atoms with Gasteiger partial charge in [0.05, 0.1) is 12.6 Å². The van der Waals surface area contributed by atoms with Crippen molar-refractivity contribution in [3.05, 3.63) is 42.5 Å². The molecule has 1 aliphatic rings. The van der Waals surface area contributed by atoms with Crippen LogP contribution in [0.1, 0.15) is 32.6 Å². The molecule has 0 bridgehead atoms. The minimum absolute atomic E-state index is 0.0298. The number of urea groups is 1. The summed E-state index contributed by atoms with van der Waals surface area (Å²) >= 11 is 0. The summed E-state index contributed by atoms with van der Waals surface area (Å²) in [7, 11) is 1.68. The van der Waals surface area contributed by atoms with Gasteiger partial charge >= 0.3 is 6.03 Å². The zero-order valence-corrected chi connectivity index (χ0v) is 16.9. The Morgan fingerprint density at radius 2 is 1.76 bits per heavy atom. The molecule has 0 aliphatic heterocycles. The smallest absolute Gasteiger partial charge is 0.321 e. The molecule has 0 aromatic heterocycles. The Morgan fingerprint density at radius 3 is 2.52 bits per heavy atom. The Kier molecular flexibility index (Phi) is 6.82. The Morgan fingerprint density at radius 1 is 1.07 bits per heavy atom. The number of nitrogens with one attached hydrogen (secondary N) is 3. The Balaban J connectivity index is 1.51. The van der Waals surface area contributed by atoms with Gasteiger partial charge in [-0.1, -0.05) is 49.2 Å². The van der Waals surface area contributed by atoms with E-state index in [0.717, 1.165) is 42.1 Å². The van der Waals surface area contributed by atoms with Crippen LogP contribution < -0.4 is 16.0 Å². The number of carbonyl (C=O) groups excluding carboxylic acids is 3. The number of hydrogen-bond acceptors (Lipinski definition) is 4. The van der Waals surface area contributed by atoms with Crippen LogP contribution in [-0.4, -0.2) is 48.4 Å². The number of carbonyl (C=O) groups is 3. The fourth-order valence-corrected chi connectivity index (χ4v) is 3.60. The van der Waals surface area contributed by atoms with Crippen molar-refractivity contribution in [2.75, 3.05) is 18.9 Å². The summed E-state index contributed by atoms with van der Waals surface area (Å²) in [6.45, 7) is 1.70. The van der Waals surface area contributed by atoms with Gasteiger partial charge < -0.3 is 10.6 Å². The molecule has 2 aromatic rings. The van der Waals surface area contributed by atoms with Crippen molar-refractivity contribution in [1.82, 2.24) is 15.5 Å². The number of fused-ring (bicyclic) bond motifs is 1. The summed E-state index contributed by atoms with van der Waals surface area (Å²) in [5, 5.41) is 10.1. The Bertz CT molecular complexity index is 887. The van der Waals surface area contributed by atoms with Crippen LogP contribution in [0.3, 0.4) is 0 Å². The lowest BCUT2D eigenvalue weighted by Crippen LogP contribution is -2.51. The highest BCUT2D eigenvalue weighted by atomic mass is 16.2. The second kappa shape index (κ2) is 9.52. The maximum absolute atomic E-state index is 12.5. The third kappa shape index (κ3) is 5.54. The zero-order valence-electron chi connectivity index (χ0n) is 16.9. The summed E-state index contributed by atoms with van der Waals surface area (Å²) < 4.78 is 0. The summed E-state index contributed by atoms with van der Waals surface area (Å²) in [6, 6.07) is 12.6. The van der Waals surface area contributed by atoms with E-state index in [-0.39, 0.29) is 18.5 Å². The summed E-state index contributed by atoms with van der Waals surface area (Å²) in [5.41, 5.74) is 0.731. The van der Waals surface area contributed by atoms with Crippen molar-refractivity contribution in [3.8, 4) is 0 Å². The normalized spacial score (nSPS) is 15.3. The van der Waals surface area contributed by atoms with E-state index in [4.69, 9.17) is 0 Å². The van der Waals surface area contributed by atoms with Crippen LogP contribution in [0.4, 0.5) is 10.5 Å². The first-order valence-corrected chi connectivity index (χ1v) is 10.0.